The Labute approximate surface area is 414 Å². The van der Waals surface area contributed by atoms with Crippen LogP contribution in [0.25, 0.3) is 0 Å². The lowest BCUT2D eigenvalue weighted by molar-refractivity contribution is -0.372. The molecule has 12 N–H and O–H groups in total. The quantitative estimate of drug-likeness (QED) is 0.0666. The van der Waals surface area contributed by atoms with Crippen LogP contribution in [0, 0.1) is 50.2 Å². The normalized spacial score (nSPS) is 51.7. The van der Waals surface area contributed by atoms with Gasteiger partial charge in [-0.3, -0.25) is 9.35 Å². The number of ether oxygens (including phenoxy) is 6. The Kier molecular flexibility index (Phi) is 15.3. The molecule has 3 heterocycles. The van der Waals surface area contributed by atoms with Crippen LogP contribution in [0.4, 0.5) is 0 Å². The molecule has 0 aromatic rings. The van der Waals surface area contributed by atoms with Gasteiger partial charge in [0.1, 0.15) is 78.7 Å². The molecule has 0 radical (unpaired) electrons. The van der Waals surface area contributed by atoms with E-state index in [2.05, 4.69) is 40.7 Å². The highest BCUT2D eigenvalue weighted by Crippen LogP contribution is 2.76. The highest BCUT2D eigenvalue weighted by Gasteiger charge is 2.72. The van der Waals surface area contributed by atoms with Gasteiger partial charge in [0.05, 0.1) is 32.0 Å². The number of carbonyl (C=O) groups is 1. The second-order valence-electron chi connectivity index (χ2n) is 24.1. The van der Waals surface area contributed by atoms with Crippen LogP contribution < -0.4 is 0 Å². The minimum absolute atomic E-state index is 0.0479. The maximum atomic E-state index is 15.1. The van der Waals surface area contributed by atoms with Crippen LogP contribution in [-0.2, 0) is 47.8 Å². The van der Waals surface area contributed by atoms with Crippen LogP contribution in [0.5, 0.6) is 0 Å². The van der Waals surface area contributed by atoms with Crippen molar-refractivity contribution in [3.05, 3.63) is 11.6 Å². The van der Waals surface area contributed by atoms with E-state index in [-0.39, 0.29) is 40.9 Å². The molecule has 4 saturated carbocycles. The Morgan fingerprint density at radius 1 is 0.676 bits per heavy atom. The molecule has 5 aliphatic carbocycles. The van der Waals surface area contributed by atoms with Gasteiger partial charge in [-0.2, -0.15) is 8.42 Å². The number of allylic oxidation sites excluding steroid dienone is 2. The summed E-state index contributed by atoms with van der Waals surface area (Å²) in [6.45, 7) is 12.6. The summed E-state index contributed by atoms with van der Waals surface area (Å²) in [5, 5.41) is 119. The number of hydrogen-bond donors (Lipinski definition) is 12. The van der Waals surface area contributed by atoms with Gasteiger partial charge < -0.3 is 84.6 Å². The van der Waals surface area contributed by atoms with Crippen LogP contribution in [0.3, 0.4) is 0 Å². The summed E-state index contributed by atoms with van der Waals surface area (Å²) in [6.07, 6.45) is -21.9. The molecule has 7 fully saturated rings. The summed E-state index contributed by atoms with van der Waals surface area (Å²) in [4.78, 5) is 15.1. The summed E-state index contributed by atoms with van der Waals surface area (Å²) in [6, 6.07) is 0. The van der Waals surface area contributed by atoms with Crippen LogP contribution >= 0.6 is 0 Å². The van der Waals surface area contributed by atoms with E-state index in [1.165, 1.54) is 0 Å². The molecule has 8 rings (SSSR count). The molecule has 0 amide bonds. The predicted octanol–water partition coefficient (Wildman–Crippen LogP) is -1.06. The van der Waals surface area contributed by atoms with Crippen molar-refractivity contribution >= 4 is 16.4 Å². The van der Waals surface area contributed by atoms with Gasteiger partial charge in [0.2, 0.25) is 6.29 Å². The average molecular weight is 1040 g/mol. The Hall–Kier alpha value is -1.56. The molecular formula is C48H78O22S. The number of aliphatic hydroxyl groups excluding tert-OH is 11. The van der Waals surface area contributed by atoms with Crippen molar-refractivity contribution in [3.8, 4) is 0 Å². The largest absolute Gasteiger partial charge is 0.432 e. The van der Waals surface area contributed by atoms with E-state index in [9.17, 15) is 69.1 Å². The fraction of sp³-hybridized carbons (Fsp3) is 0.938. The second-order valence-corrected chi connectivity index (χ2v) is 25.2. The molecule has 23 heteroatoms. The molecule has 24 atom stereocenters. The smallest absolute Gasteiger partial charge is 0.397 e. The minimum atomic E-state index is -4.68. The van der Waals surface area contributed by atoms with E-state index in [0.29, 0.717) is 32.1 Å². The lowest BCUT2D eigenvalue weighted by atomic mass is 9.33. The standard InChI is InChI=1S/C48H78O22S/c1-43(2)14-15-48(22(16-43)21-8-9-27-45(5)12-11-29(70-71(61,62)63)44(3,4)26(45)10-13-46(27,6)47(21,7)17-28(48)51)42(60)69-40-37(59)34(56)32(54)25(67-40)20-64-41-38(35(57)31(53)24(19-50)66-41)68-39-36(58)33(55)30(52)23(18-49)65-39/h8,22-41,49-59H,9-20H2,1-7H3,(H,61,62,63). The molecule has 408 valence electrons. The Morgan fingerprint density at radius 2 is 1.25 bits per heavy atom. The predicted molar refractivity (Wildman–Crippen MR) is 242 cm³/mol. The van der Waals surface area contributed by atoms with Gasteiger partial charge in [-0.05, 0) is 103 Å². The maximum absolute atomic E-state index is 15.1. The highest BCUT2D eigenvalue weighted by atomic mass is 32.3. The molecule has 24 unspecified atom stereocenters. The Bertz CT molecular complexity index is 2090. The van der Waals surface area contributed by atoms with E-state index in [4.69, 9.17) is 32.6 Å². The second kappa shape index (κ2) is 19.5. The number of aliphatic hydroxyl groups is 11. The first-order valence-electron chi connectivity index (χ1n) is 25.1. The third-order valence-electron chi connectivity index (χ3n) is 19.5. The molecule has 0 bridgehead atoms. The maximum Gasteiger partial charge on any atom is 0.397 e. The van der Waals surface area contributed by atoms with E-state index < -0.39 is 163 Å². The van der Waals surface area contributed by atoms with Crippen molar-refractivity contribution in [2.24, 2.45) is 50.2 Å². The fourth-order valence-electron chi connectivity index (χ4n) is 15.2. The molecule has 22 nitrogen and oxygen atoms in total. The number of rotatable bonds is 11. The SMILES string of the molecule is CC1(C)CCC2(C(=O)OC3OC(COC4OC(CO)C(O)C(O)C4OC4OC(CO)C(O)C(O)C4O)C(O)C(O)C3O)C(O)CC3(C)C(=CCC4C5(C)CCC(OS(=O)(=O)O)C(C)(C)C5CCC43C)C2C1. The van der Waals surface area contributed by atoms with Gasteiger partial charge in [0.25, 0.3) is 0 Å². The van der Waals surface area contributed by atoms with Crippen LogP contribution in [0.15, 0.2) is 11.6 Å². The summed E-state index contributed by atoms with van der Waals surface area (Å²) in [5.74, 6) is -1.24. The third-order valence-corrected chi connectivity index (χ3v) is 20.0. The zero-order valence-corrected chi connectivity index (χ0v) is 42.3. The Balaban J connectivity index is 1.03. The highest BCUT2D eigenvalue weighted by molar-refractivity contribution is 7.80. The first-order chi connectivity index (χ1) is 32.9. The van der Waals surface area contributed by atoms with Crippen molar-refractivity contribution in [1.29, 1.82) is 0 Å². The minimum Gasteiger partial charge on any atom is -0.432 e. The number of esters is 1. The summed E-state index contributed by atoms with van der Waals surface area (Å²) in [5.41, 5.74) is -2.59. The van der Waals surface area contributed by atoms with Crippen LogP contribution in [-0.4, -0.2) is 199 Å². The van der Waals surface area contributed by atoms with Gasteiger partial charge in [-0.25, -0.2) is 4.18 Å². The van der Waals surface area contributed by atoms with Crippen molar-refractivity contribution in [3.63, 3.8) is 0 Å². The van der Waals surface area contributed by atoms with Gasteiger partial charge in [-0.15, -0.1) is 0 Å². The van der Waals surface area contributed by atoms with Gasteiger partial charge >= 0.3 is 16.4 Å². The molecule has 0 aromatic carbocycles. The molecule has 0 spiro atoms. The summed E-state index contributed by atoms with van der Waals surface area (Å²) < 4.78 is 73.5. The molecule has 3 aliphatic heterocycles. The van der Waals surface area contributed by atoms with E-state index in [1.54, 1.807) is 0 Å². The number of carbonyl (C=O) groups excluding carboxylic acids is 1. The first kappa shape index (κ1) is 55.7. The zero-order chi connectivity index (χ0) is 52.3. The lowest BCUT2D eigenvalue weighted by Crippen LogP contribution is -2.68. The van der Waals surface area contributed by atoms with Crippen molar-refractivity contribution in [2.45, 2.75) is 211 Å². The lowest BCUT2D eigenvalue weighted by Gasteiger charge is -2.71. The van der Waals surface area contributed by atoms with Gasteiger partial charge in [0.15, 0.2) is 12.6 Å². The molecular weight excluding hydrogens is 961 g/mol. The van der Waals surface area contributed by atoms with E-state index in [0.717, 1.165) is 18.4 Å². The summed E-state index contributed by atoms with van der Waals surface area (Å²) in [7, 11) is -4.68. The van der Waals surface area contributed by atoms with Crippen molar-refractivity contribution < 1.29 is 107 Å². The topological polar surface area (TPSA) is 359 Å². The van der Waals surface area contributed by atoms with Crippen LogP contribution in [0.2, 0.25) is 0 Å². The molecule has 8 aliphatic rings. The van der Waals surface area contributed by atoms with E-state index in [1.807, 2.05) is 13.8 Å². The first-order valence-corrected chi connectivity index (χ1v) is 26.4. The third kappa shape index (κ3) is 9.18. The van der Waals surface area contributed by atoms with Gasteiger partial charge in [0, 0.05) is 0 Å². The van der Waals surface area contributed by atoms with Gasteiger partial charge in [-0.1, -0.05) is 60.1 Å². The molecule has 71 heavy (non-hydrogen) atoms. The van der Waals surface area contributed by atoms with Crippen molar-refractivity contribution in [1.82, 2.24) is 0 Å². The van der Waals surface area contributed by atoms with E-state index >= 15 is 4.79 Å². The van der Waals surface area contributed by atoms with Crippen LogP contribution in [0.1, 0.15) is 106 Å². The number of hydrogen-bond acceptors (Lipinski definition) is 21. The molecule has 3 saturated heterocycles. The molecule has 0 aromatic heterocycles. The Morgan fingerprint density at radius 3 is 1.87 bits per heavy atom. The number of fused-ring (bicyclic) bond motifs is 7. The summed E-state index contributed by atoms with van der Waals surface area (Å²) >= 11 is 0. The fourth-order valence-corrected chi connectivity index (χ4v) is 15.9. The monoisotopic (exact) mass is 1040 g/mol. The van der Waals surface area contributed by atoms with Crippen molar-refractivity contribution in [2.75, 3.05) is 19.8 Å². The average Bonchev–Trinajstić information content (AvgIpc) is 3.28. The zero-order valence-electron chi connectivity index (χ0n) is 41.5.